The highest BCUT2D eigenvalue weighted by molar-refractivity contribution is 5.78. The molecule has 2 heterocycles. The van der Waals surface area contributed by atoms with Gasteiger partial charge in [0.2, 0.25) is 5.91 Å². The molecule has 7 nitrogen and oxygen atoms in total. The third-order valence-corrected chi connectivity index (χ3v) is 6.53. The number of nitrogen functional groups attached to an aromatic ring is 1. The van der Waals surface area contributed by atoms with Crippen molar-refractivity contribution < 1.29 is 4.79 Å². The molecule has 3 aromatic rings. The van der Waals surface area contributed by atoms with Crippen molar-refractivity contribution in [3.63, 3.8) is 0 Å². The lowest BCUT2D eigenvalue weighted by molar-refractivity contribution is -0.120. The Balaban J connectivity index is 1.22. The van der Waals surface area contributed by atoms with Crippen LogP contribution >= 0.6 is 0 Å². The van der Waals surface area contributed by atoms with Crippen molar-refractivity contribution in [1.29, 1.82) is 0 Å². The molecule has 1 aliphatic rings. The predicted octanol–water partition coefficient (Wildman–Crippen LogP) is 3.66. The van der Waals surface area contributed by atoms with Gasteiger partial charge in [-0.1, -0.05) is 36.4 Å². The molecule has 0 radical (unpaired) electrons. The zero-order chi connectivity index (χ0) is 23.2. The van der Waals surface area contributed by atoms with Crippen LogP contribution in [0.4, 0.5) is 11.6 Å². The van der Waals surface area contributed by atoms with E-state index in [2.05, 4.69) is 51.6 Å². The van der Waals surface area contributed by atoms with E-state index in [9.17, 15) is 4.79 Å². The Hall–Kier alpha value is -3.32. The number of benzene rings is 2. The van der Waals surface area contributed by atoms with Gasteiger partial charge in [-0.05, 0) is 74.6 Å². The van der Waals surface area contributed by atoms with Gasteiger partial charge in [0.05, 0.1) is 18.3 Å². The molecule has 0 aliphatic carbocycles. The van der Waals surface area contributed by atoms with Crippen LogP contribution in [-0.2, 0) is 17.8 Å². The molecule has 2 aromatic carbocycles. The molecule has 1 aromatic heterocycles. The number of hydrogen-bond acceptors (Lipinski definition) is 5. The molecule has 1 atom stereocenters. The van der Waals surface area contributed by atoms with E-state index in [0.717, 1.165) is 28.1 Å². The maximum Gasteiger partial charge on any atom is 0.224 e. The number of aromatic amines is 1. The SMILES string of the molecule is CC(Nc1ccc(CC(=O)NCc2ccc(-c3cnc(N)[nH]3)cc2)cc1)C1CCN(C)CC1. The number of hydrogen-bond donors (Lipinski definition) is 4. The number of likely N-dealkylation sites (tertiary alicyclic amines) is 1. The van der Waals surface area contributed by atoms with Crippen molar-refractivity contribution in [2.24, 2.45) is 5.92 Å². The fourth-order valence-corrected chi connectivity index (χ4v) is 4.36. The van der Waals surface area contributed by atoms with E-state index in [-0.39, 0.29) is 5.91 Å². The summed E-state index contributed by atoms with van der Waals surface area (Å²) in [4.78, 5) is 21.8. The quantitative estimate of drug-likeness (QED) is 0.423. The second kappa shape index (κ2) is 10.5. The summed E-state index contributed by atoms with van der Waals surface area (Å²) < 4.78 is 0. The van der Waals surface area contributed by atoms with Gasteiger partial charge >= 0.3 is 0 Å². The summed E-state index contributed by atoms with van der Waals surface area (Å²) in [5, 5.41) is 6.64. The van der Waals surface area contributed by atoms with E-state index in [1.807, 2.05) is 36.4 Å². The lowest BCUT2D eigenvalue weighted by atomic mass is 9.90. The van der Waals surface area contributed by atoms with Crippen LogP contribution in [0.3, 0.4) is 0 Å². The van der Waals surface area contributed by atoms with Crippen LogP contribution in [0.1, 0.15) is 30.9 Å². The molecule has 1 aliphatic heterocycles. The predicted molar refractivity (Wildman–Crippen MR) is 134 cm³/mol. The number of aromatic nitrogens is 2. The zero-order valence-corrected chi connectivity index (χ0v) is 19.5. The van der Waals surface area contributed by atoms with Crippen molar-refractivity contribution in [3.05, 3.63) is 65.9 Å². The second-order valence-electron chi connectivity index (χ2n) is 9.10. The smallest absolute Gasteiger partial charge is 0.224 e. The van der Waals surface area contributed by atoms with Crippen LogP contribution in [0, 0.1) is 5.92 Å². The van der Waals surface area contributed by atoms with Crippen LogP contribution in [0.5, 0.6) is 0 Å². The summed E-state index contributed by atoms with van der Waals surface area (Å²) in [6.45, 7) is 5.12. The lowest BCUT2D eigenvalue weighted by Crippen LogP contribution is -2.37. The second-order valence-corrected chi connectivity index (χ2v) is 9.10. The number of rotatable bonds is 8. The normalized spacial score (nSPS) is 15.8. The number of imidazole rings is 1. The monoisotopic (exact) mass is 446 g/mol. The van der Waals surface area contributed by atoms with Gasteiger partial charge < -0.3 is 26.3 Å². The minimum Gasteiger partial charge on any atom is -0.382 e. The third-order valence-electron chi connectivity index (χ3n) is 6.53. The Kier molecular flexibility index (Phi) is 7.29. The van der Waals surface area contributed by atoms with E-state index in [1.54, 1.807) is 6.20 Å². The molecule has 1 saturated heterocycles. The summed E-state index contributed by atoms with van der Waals surface area (Å²) in [5.41, 5.74) is 10.7. The first-order valence-electron chi connectivity index (χ1n) is 11.7. The van der Waals surface area contributed by atoms with Gasteiger partial charge in [0.25, 0.3) is 0 Å². The highest BCUT2D eigenvalue weighted by Gasteiger charge is 2.22. The van der Waals surface area contributed by atoms with Crippen LogP contribution in [0.2, 0.25) is 0 Å². The first kappa shape index (κ1) is 22.9. The average Bonchev–Trinajstić information content (AvgIpc) is 3.26. The number of carbonyl (C=O) groups excluding carboxylic acids is 1. The fraction of sp³-hybridized carbons (Fsp3) is 0.385. The molecule has 5 N–H and O–H groups in total. The first-order valence-corrected chi connectivity index (χ1v) is 11.7. The first-order chi connectivity index (χ1) is 16.0. The van der Waals surface area contributed by atoms with Crippen LogP contribution in [0.25, 0.3) is 11.3 Å². The third kappa shape index (κ3) is 6.35. The molecule has 4 rings (SSSR count). The number of nitrogens with one attached hydrogen (secondary N) is 3. The standard InChI is InChI=1S/C26H34N6O/c1-18(21-11-13-32(2)14-12-21)30-23-9-5-19(6-10-23)15-25(33)28-16-20-3-7-22(8-4-20)24-17-29-26(27)31-24/h3-10,17-18,21,30H,11-16H2,1-2H3,(H,28,33)(H3,27,29,31). The summed E-state index contributed by atoms with van der Waals surface area (Å²) in [6.07, 6.45) is 4.56. The average molecular weight is 447 g/mol. The van der Waals surface area contributed by atoms with Crippen LogP contribution < -0.4 is 16.4 Å². The topological polar surface area (TPSA) is 99.1 Å². The van der Waals surface area contributed by atoms with Gasteiger partial charge in [-0.15, -0.1) is 0 Å². The summed E-state index contributed by atoms with van der Waals surface area (Å²) in [5.74, 6) is 1.12. The minimum atomic E-state index is 0.0146. The minimum absolute atomic E-state index is 0.0146. The van der Waals surface area contributed by atoms with Gasteiger partial charge in [0.15, 0.2) is 5.95 Å². The highest BCUT2D eigenvalue weighted by atomic mass is 16.1. The van der Waals surface area contributed by atoms with Crippen molar-refractivity contribution in [1.82, 2.24) is 20.2 Å². The molecule has 0 spiro atoms. The van der Waals surface area contributed by atoms with Gasteiger partial charge in [0.1, 0.15) is 0 Å². The molecular formula is C26H34N6O. The maximum absolute atomic E-state index is 12.4. The van der Waals surface area contributed by atoms with Crippen molar-refractivity contribution in [2.45, 2.75) is 38.8 Å². The lowest BCUT2D eigenvalue weighted by Gasteiger charge is -2.33. The van der Waals surface area contributed by atoms with E-state index < -0.39 is 0 Å². The number of nitrogens with zero attached hydrogens (tertiary/aromatic N) is 2. The number of nitrogens with two attached hydrogens (primary N) is 1. The van der Waals surface area contributed by atoms with Crippen LogP contribution in [0.15, 0.2) is 54.7 Å². The number of piperidine rings is 1. The molecular weight excluding hydrogens is 412 g/mol. The maximum atomic E-state index is 12.4. The Labute approximate surface area is 195 Å². The van der Waals surface area contributed by atoms with E-state index in [1.165, 1.54) is 25.9 Å². The van der Waals surface area contributed by atoms with Gasteiger partial charge in [0, 0.05) is 18.3 Å². The molecule has 1 fully saturated rings. The zero-order valence-electron chi connectivity index (χ0n) is 19.5. The fourth-order valence-electron chi connectivity index (χ4n) is 4.36. The Bertz CT molecular complexity index is 1040. The van der Waals surface area contributed by atoms with E-state index in [0.29, 0.717) is 30.9 Å². The molecule has 7 heteroatoms. The number of H-pyrrole nitrogens is 1. The number of carbonyl (C=O) groups is 1. The molecule has 174 valence electrons. The van der Waals surface area contributed by atoms with Gasteiger partial charge in [-0.2, -0.15) is 0 Å². The van der Waals surface area contributed by atoms with Crippen molar-refractivity contribution in [3.8, 4) is 11.3 Å². The number of amides is 1. The molecule has 1 amide bonds. The molecule has 1 unspecified atom stereocenters. The van der Waals surface area contributed by atoms with Crippen molar-refractivity contribution >= 4 is 17.5 Å². The highest BCUT2D eigenvalue weighted by Crippen LogP contribution is 2.23. The van der Waals surface area contributed by atoms with Crippen molar-refractivity contribution in [2.75, 3.05) is 31.2 Å². The molecule has 0 bridgehead atoms. The van der Waals surface area contributed by atoms with E-state index >= 15 is 0 Å². The van der Waals surface area contributed by atoms with Gasteiger partial charge in [-0.25, -0.2) is 4.98 Å². The van der Waals surface area contributed by atoms with Crippen LogP contribution in [-0.4, -0.2) is 47.0 Å². The molecule has 0 saturated carbocycles. The Morgan fingerprint density at radius 2 is 1.79 bits per heavy atom. The molecule has 33 heavy (non-hydrogen) atoms. The largest absolute Gasteiger partial charge is 0.382 e. The Morgan fingerprint density at radius 3 is 2.42 bits per heavy atom. The number of anilines is 2. The summed E-state index contributed by atoms with van der Waals surface area (Å²) in [7, 11) is 2.19. The van der Waals surface area contributed by atoms with Gasteiger partial charge in [-0.3, -0.25) is 4.79 Å². The van der Waals surface area contributed by atoms with E-state index in [4.69, 9.17) is 5.73 Å². The summed E-state index contributed by atoms with van der Waals surface area (Å²) in [6, 6.07) is 16.7. The summed E-state index contributed by atoms with van der Waals surface area (Å²) >= 11 is 0. The Morgan fingerprint density at radius 1 is 1.12 bits per heavy atom.